The van der Waals surface area contributed by atoms with Crippen molar-refractivity contribution in [2.24, 2.45) is 29.4 Å². The third-order valence-electron chi connectivity index (χ3n) is 19.2. The first-order chi connectivity index (χ1) is 56.3. The van der Waals surface area contributed by atoms with Gasteiger partial charge in [-0.05, 0) is 23.6 Å². The highest BCUT2D eigenvalue weighted by molar-refractivity contribution is 7.98. The van der Waals surface area contributed by atoms with Gasteiger partial charge in [0.25, 0.3) is 0 Å². The van der Waals surface area contributed by atoms with Crippen LogP contribution in [-0.4, -0.2) is 350 Å². The largest absolute Gasteiger partial charge is 0.496 e. The summed E-state index contributed by atoms with van der Waals surface area (Å²) in [6.07, 6.45) is -3.32. The minimum Gasteiger partial charge on any atom is -0.496 e. The van der Waals surface area contributed by atoms with Gasteiger partial charge >= 0.3 is 5.97 Å². The number of nitrogens with two attached hydrogens (primary N) is 1. The van der Waals surface area contributed by atoms with Gasteiger partial charge in [-0.1, -0.05) is 34.1 Å². The molecule has 2 unspecified atom stereocenters. The first kappa shape index (κ1) is 98.0. The molecule has 1 saturated heterocycles. The van der Waals surface area contributed by atoms with Crippen molar-refractivity contribution in [1.82, 2.24) is 63.1 Å². The van der Waals surface area contributed by atoms with E-state index in [4.69, 9.17) is 67.7 Å². The number of aliphatic hydroxyl groups excluding tert-OH is 3. The minimum atomic E-state index is -2.44. The number of aromatic nitrogens is 1. The number of fused-ring (bicyclic) bond motifs is 5. The summed E-state index contributed by atoms with van der Waals surface area (Å²) in [5, 5.41) is 60.8. The van der Waals surface area contributed by atoms with Crippen LogP contribution in [-0.2, 0) is 128 Å². The van der Waals surface area contributed by atoms with Gasteiger partial charge in [0, 0.05) is 72.2 Å². The molecule has 1 aromatic heterocycles. The fraction of sp³-hybridized carbons (Fsp3) is 0.716. The zero-order valence-electron chi connectivity index (χ0n) is 67.1. The summed E-state index contributed by atoms with van der Waals surface area (Å²) in [5.41, 5.74) is 13.2. The third-order valence-corrected chi connectivity index (χ3v) is 21.6. The lowest BCUT2D eigenvalue weighted by molar-refractivity contribution is -0.144. The number of nitrogens with zero attached hydrogens (tertiary/aromatic N) is 2. The monoisotopic (exact) mass is 1700 g/mol. The Labute approximate surface area is 685 Å². The molecule has 9 amide bonds. The summed E-state index contributed by atoms with van der Waals surface area (Å²) in [5.74, 6) is -13.3. The van der Waals surface area contributed by atoms with Gasteiger partial charge in [0.2, 0.25) is 53.2 Å². The lowest BCUT2D eigenvalue weighted by atomic mass is 9.86. The number of carboxylic acids is 1. The number of carboxylic acid groups (broad SMARTS) is 1. The third kappa shape index (κ3) is 34.8. The molecule has 0 saturated carbocycles. The van der Waals surface area contributed by atoms with E-state index in [0.29, 0.717) is 173 Å². The summed E-state index contributed by atoms with van der Waals surface area (Å²) >= 11 is 1.44. The molecular formula is C74H119N13O28S2. The Bertz CT molecular complexity index is 3550. The van der Waals surface area contributed by atoms with E-state index < -0.39 is 194 Å². The lowest BCUT2D eigenvalue weighted by Gasteiger charge is -2.32. The van der Waals surface area contributed by atoms with Crippen molar-refractivity contribution in [2.75, 3.05) is 203 Å². The van der Waals surface area contributed by atoms with Gasteiger partial charge in [-0.3, -0.25) is 62.0 Å². The number of aliphatic hydroxyl groups is 3. The van der Waals surface area contributed by atoms with E-state index in [1.807, 2.05) is 0 Å². The zero-order valence-corrected chi connectivity index (χ0v) is 68.8. The fourth-order valence-corrected chi connectivity index (χ4v) is 14.8. The van der Waals surface area contributed by atoms with E-state index in [2.05, 4.69) is 53.2 Å². The van der Waals surface area contributed by atoms with Crippen LogP contribution in [0.25, 0.3) is 10.9 Å². The molecule has 0 radical (unpaired) electrons. The molecule has 2 aromatic rings. The van der Waals surface area contributed by atoms with Gasteiger partial charge in [-0.25, -0.2) is 0 Å². The lowest BCUT2D eigenvalue weighted by Crippen LogP contribution is -2.62. The second kappa shape index (κ2) is 54.4. The van der Waals surface area contributed by atoms with E-state index in [-0.39, 0.29) is 48.4 Å². The summed E-state index contributed by atoms with van der Waals surface area (Å²) in [7, 11) is -1.00. The first-order valence-electron chi connectivity index (χ1n) is 39.2. The van der Waals surface area contributed by atoms with E-state index in [1.54, 1.807) is 44.1 Å². The predicted octanol–water partition coefficient (Wildman–Crippen LogP) is -4.72. The molecule has 12 atom stereocenters. The molecule has 1 fully saturated rings. The number of primary amides is 1. The number of hydrazine groups is 2. The highest BCUT2D eigenvalue weighted by atomic mass is 32.2. The van der Waals surface area contributed by atoms with Crippen molar-refractivity contribution in [1.29, 1.82) is 0 Å². The second-order valence-electron chi connectivity index (χ2n) is 28.0. The van der Waals surface area contributed by atoms with Crippen LogP contribution in [0.1, 0.15) is 70.9 Å². The Balaban J connectivity index is 0.905. The zero-order chi connectivity index (χ0) is 85.0. The number of aromatic amines is 1. The number of carbonyl (C=O) groups excluding carboxylic acids is 10. The smallest absolute Gasteiger partial charge is 0.304 e. The van der Waals surface area contributed by atoms with Crippen molar-refractivity contribution in [3.63, 3.8) is 0 Å². The number of carbonyl (C=O) groups is 11. The maximum Gasteiger partial charge on any atom is 0.304 e. The quantitative estimate of drug-likeness (QED) is 0.0277. The molecule has 5 heterocycles. The van der Waals surface area contributed by atoms with Crippen molar-refractivity contribution in [2.45, 2.75) is 119 Å². The Morgan fingerprint density at radius 2 is 1.24 bits per heavy atom. The van der Waals surface area contributed by atoms with Crippen molar-refractivity contribution >= 4 is 98.4 Å². The molecule has 41 nitrogen and oxygen atoms in total. The molecule has 43 heteroatoms. The van der Waals surface area contributed by atoms with Crippen LogP contribution in [0.3, 0.4) is 0 Å². The Morgan fingerprint density at radius 3 is 1.78 bits per heavy atom. The fourth-order valence-electron chi connectivity index (χ4n) is 12.5. The van der Waals surface area contributed by atoms with Crippen molar-refractivity contribution in [3.8, 4) is 5.75 Å². The predicted molar refractivity (Wildman–Crippen MR) is 419 cm³/mol. The topological polar surface area (TPSA) is 553 Å². The summed E-state index contributed by atoms with van der Waals surface area (Å²) < 4.78 is 82.8. The van der Waals surface area contributed by atoms with Crippen molar-refractivity contribution in [3.05, 3.63) is 35.2 Å². The van der Waals surface area contributed by atoms with E-state index in [0.717, 1.165) is 10.6 Å². The Morgan fingerprint density at radius 1 is 0.684 bits per heavy atom. The molecule has 2 bridgehead atoms. The van der Waals surface area contributed by atoms with Gasteiger partial charge < -0.3 is 136 Å². The average Bonchev–Trinajstić information content (AvgIpc) is 1.61. The number of benzene rings is 1. The Hall–Kier alpha value is -7.83. The van der Waals surface area contributed by atoms with Crippen LogP contribution in [0.2, 0.25) is 0 Å². The number of ether oxygens (including phenoxy) is 12. The number of hydrogen-bond donors (Lipinski definition) is 15. The van der Waals surface area contributed by atoms with Crippen LogP contribution in [0.15, 0.2) is 29.1 Å². The van der Waals surface area contributed by atoms with Gasteiger partial charge in [-0.15, -0.1) is 5.53 Å². The molecule has 4 aliphatic heterocycles. The maximum absolute atomic E-state index is 15.4. The number of ketones is 1. The highest BCUT2D eigenvalue weighted by Gasteiger charge is 2.45. The van der Waals surface area contributed by atoms with Crippen LogP contribution in [0.4, 0.5) is 0 Å². The number of hydrogen-bond acceptors (Lipinski definition) is 31. The number of thioether (sulfide) groups is 1. The number of nitrogens with one attached hydrogen (secondary N) is 10. The van der Waals surface area contributed by atoms with E-state index in [9.17, 15) is 68.1 Å². The summed E-state index contributed by atoms with van der Waals surface area (Å²) in [6, 6.07) is -5.61. The summed E-state index contributed by atoms with van der Waals surface area (Å²) in [6.45, 7) is 12.6. The number of rotatable bonds is 51. The molecule has 6 rings (SSSR count). The molecule has 4 aliphatic rings. The molecule has 660 valence electrons. The number of methoxy groups -OCH3 is 1. The SMILES string of the molecule is CC[C@H](C)[C@@H]1CC(=O)CNC(=O)[C@@H]2Cc3c([nH]c4c(CSCCOCCOCCOCCOCCOCCOCCOCCOCCOCCOCCOCCN5C=C(CNC(=O)C(C)CC(=O)O)NN5)c(OC)ccc34)S(=O)C[C@@H](NC(=O)CNC1=O)C(=O)N[C@@H](CC(N)=O)C(=O)N1C[C@H](O)C[C@H]1C(=O)N[C@@H]([C@@H](C)[C@@H](O)CO)C(=O)N2. The number of aliphatic carboxylic acids is 1. The average molecular weight is 1700 g/mol. The standard InChI is InChI=1S/C74H119N13O28S2/c1-6-46(2)53-34-50(89)39-77-69(98)56-36-54-52-7-8-61(104-5)55(66(52)83-73(54)117(103)45-58(79-63(93)40-78-68(53)97)70(99)81-57(37-62(75)92)74(102)87-42-51(90)35-59(87)71(100)82-65(72(101)80-56)48(4)60(91)43-88)44-116-32-31-115-30-29-114-28-27-113-26-25-112-24-23-111-22-21-110-20-19-109-18-17-108-16-15-107-14-13-106-12-11-105-10-9-86-41-49(84-85-86)38-76-67(96)47(3)33-64(94)95/h7-8,41,46-48,51,53,56-60,65,83-85,88,90-91H,6,9-40,42-45H2,1-5H3,(H2,75,92)(H,76,96)(H,77,98)(H,78,97)(H,79,93)(H,80,101)(H,81,99)(H,82,100)(H,94,95)/t46-,47?,48-,51+,53-,56-,57-,58+,59-,60-,65-,117?/m0/s1. The van der Waals surface area contributed by atoms with Crippen molar-refractivity contribution < 1.29 is 134 Å². The van der Waals surface area contributed by atoms with Gasteiger partial charge in [-0.2, -0.15) is 11.8 Å². The number of Topliss-reactive ketones (excluding diaryl/α,β-unsaturated/α-hetero) is 1. The molecule has 1 aromatic carbocycles. The molecule has 16 N–H and O–H groups in total. The van der Waals surface area contributed by atoms with Gasteiger partial charge in [0.15, 0.2) is 5.78 Å². The minimum absolute atomic E-state index is 0.124. The van der Waals surface area contributed by atoms with Crippen LogP contribution in [0.5, 0.6) is 5.75 Å². The van der Waals surface area contributed by atoms with Crippen LogP contribution in [0, 0.1) is 23.7 Å². The van der Waals surface area contributed by atoms with E-state index >= 15 is 4.21 Å². The normalized spacial score (nSPS) is 21.8. The van der Waals surface area contributed by atoms with Crippen LogP contribution < -0.4 is 58.6 Å². The van der Waals surface area contributed by atoms with Gasteiger partial charge in [0.1, 0.15) is 41.0 Å². The molecule has 117 heavy (non-hydrogen) atoms. The first-order valence-corrected chi connectivity index (χ1v) is 41.6. The van der Waals surface area contributed by atoms with E-state index in [1.165, 1.54) is 25.8 Å². The summed E-state index contributed by atoms with van der Waals surface area (Å²) in [4.78, 5) is 155. The van der Waals surface area contributed by atoms with Gasteiger partial charge in [0.05, 0.1) is 238 Å². The number of amides is 9. The molecule has 0 aliphatic carbocycles. The Kier molecular flexibility index (Phi) is 45.5. The second-order valence-corrected chi connectivity index (χ2v) is 30.5. The number of H-pyrrole nitrogens is 1. The molecule has 0 spiro atoms. The maximum atomic E-state index is 15.4. The highest BCUT2D eigenvalue weighted by Crippen LogP contribution is 2.36. The molecular weight excluding hydrogens is 1580 g/mol. The van der Waals surface area contributed by atoms with Crippen LogP contribution >= 0.6 is 11.8 Å².